The highest BCUT2D eigenvalue weighted by Crippen LogP contribution is 2.35. The van der Waals surface area contributed by atoms with Gasteiger partial charge in [-0.1, -0.05) is 11.8 Å². The van der Waals surface area contributed by atoms with Crippen LogP contribution in [0.5, 0.6) is 0 Å². The normalized spacial score (nSPS) is 32.4. The Kier molecular flexibility index (Phi) is 3.77. The first-order valence-electron chi connectivity index (χ1n) is 5.58. The zero-order valence-electron chi connectivity index (χ0n) is 9.30. The SMILES string of the molecule is Cl.Cn1cnnc1SC1CC2CCC(C1)N2. The third kappa shape index (κ3) is 2.36. The molecule has 2 saturated heterocycles. The molecule has 1 N–H and O–H groups in total. The number of aryl methyl sites for hydroxylation is 1. The molecule has 1 aromatic heterocycles. The molecule has 2 unspecified atom stereocenters. The van der Waals surface area contributed by atoms with Gasteiger partial charge in [-0.05, 0) is 25.7 Å². The van der Waals surface area contributed by atoms with Gasteiger partial charge in [0.1, 0.15) is 6.33 Å². The Morgan fingerprint density at radius 3 is 2.62 bits per heavy atom. The number of nitrogens with one attached hydrogen (secondary N) is 1. The van der Waals surface area contributed by atoms with Crippen LogP contribution in [0.1, 0.15) is 25.7 Å². The lowest BCUT2D eigenvalue weighted by Gasteiger charge is -2.28. The van der Waals surface area contributed by atoms with Crippen LogP contribution >= 0.6 is 24.2 Å². The molecule has 6 heteroatoms. The van der Waals surface area contributed by atoms with Gasteiger partial charge in [-0.3, -0.25) is 0 Å². The van der Waals surface area contributed by atoms with E-state index in [4.69, 9.17) is 0 Å². The second-order valence-corrected chi connectivity index (χ2v) is 5.84. The van der Waals surface area contributed by atoms with Crippen molar-refractivity contribution < 1.29 is 0 Å². The number of rotatable bonds is 2. The van der Waals surface area contributed by atoms with Gasteiger partial charge >= 0.3 is 0 Å². The Balaban J connectivity index is 0.000000963. The second-order valence-electron chi connectivity index (χ2n) is 4.57. The van der Waals surface area contributed by atoms with Crippen LogP contribution in [0.2, 0.25) is 0 Å². The third-order valence-electron chi connectivity index (χ3n) is 3.37. The topological polar surface area (TPSA) is 42.7 Å². The number of thioether (sulfide) groups is 1. The fraction of sp³-hybridized carbons (Fsp3) is 0.800. The maximum absolute atomic E-state index is 4.14. The fourth-order valence-corrected chi connectivity index (χ4v) is 3.89. The van der Waals surface area contributed by atoms with Crippen LogP contribution in [0.25, 0.3) is 0 Å². The molecule has 2 aliphatic rings. The van der Waals surface area contributed by atoms with Crippen LogP contribution in [-0.2, 0) is 7.05 Å². The van der Waals surface area contributed by atoms with Gasteiger partial charge in [-0.25, -0.2) is 0 Å². The van der Waals surface area contributed by atoms with Gasteiger partial charge in [0, 0.05) is 24.4 Å². The predicted octanol–water partition coefficient (Wildman–Crippen LogP) is 1.61. The summed E-state index contributed by atoms with van der Waals surface area (Å²) in [5.41, 5.74) is 0. The molecule has 0 radical (unpaired) electrons. The summed E-state index contributed by atoms with van der Waals surface area (Å²) < 4.78 is 2.01. The van der Waals surface area contributed by atoms with Crippen molar-refractivity contribution in [2.45, 2.75) is 48.2 Å². The molecule has 2 fully saturated rings. The highest BCUT2D eigenvalue weighted by atomic mass is 35.5. The van der Waals surface area contributed by atoms with Crippen molar-refractivity contribution in [3.63, 3.8) is 0 Å². The molecule has 1 aromatic rings. The van der Waals surface area contributed by atoms with E-state index in [-0.39, 0.29) is 12.4 Å². The molecule has 0 aromatic carbocycles. The first-order valence-corrected chi connectivity index (χ1v) is 6.46. The lowest BCUT2D eigenvalue weighted by molar-refractivity contribution is 0.414. The summed E-state index contributed by atoms with van der Waals surface area (Å²) in [4.78, 5) is 0. The molecular formula is C10H17ClN4S. The van der Waals surface area contributed by atoms with Gasteiger partial charge in [-0.2, -0.15) is 0 Å². The van der Waals surface area contributed by atoms with Gasteiger partial charge < -0.3 is 9.88 Å². The summed E-state index contributed by atoms with van der Waals surface area (Å²) in [6.07, 6.45) is 7.07. The van der Waals surface area contributed by atoms with Crippen molar-refractivity contribution in [1.29, 1.82) is 0 Å². The standard InChI is InChI=1S/C10H16N4S.ClH/c1-14-6-11-13-10(14)15-9-4-7-2-3-8(5-9)12-7;/h6-9,12H,2-5H2,1H3;1H. The number of nitrogens with zero attached hydrogens (tertiary/aromatic N) is 3. The maximum atomic E-state index is 4.14. The van der Waals surface area contributed by atoms with Crippen molar-refractivity contribution in [3.05, 3.63) is 6.33 Å². The van der Waals surface area contributed by atoms with Crippen LogP contribution in [0.15, 0.2) is 11.5 Å². The number of piperidine rings is 1. The zero-order valence-corrected chi connectivity index (χ0v) is 10.9. The van der Waals surface area contributed by atoms with Crippen molar-refractivity contribution in [2.24, 2.45) is 7.05 Å². The molecule has 3 heterocycles. The van der Waals surface area contributed by atoms with E-state index in [0.717, 1.165) is 22.5 Å². The van der Waals surface area contributed by atoms with Gasteiger partial charge in [0.25, 0.3) is 0 Å². The summed E-state index contributed by atoms with van der Waals surface area (Å²) in [6.45, 7) is 0. The highest BCUT2D eigenvalue weighted by molar-refractivity contribution is 7.99. The Labute approximate surface area is 106 Å². The molecule has 90 valence electrons. The van der Waals surface area contributed by atoms with Gasteiger partial charge in [0.05, 0.1) is 0 Å². The first kappa shape index (κ1) is 12.2. The molecule has 0 amide bonds. The molecular weight excluding hydrogens is 244 g/mol. The molecule has 2 bridgehead atoms. The van der Waals surface area contributed by atoms with Crippen molar-refractivity contribution in [1.82, 2.24) is 20.1 Å². The number of aromatic nitrogens is 3. The minimum Gasteiger partial charge on any atom is -0.312 e. The summed E-state index contributed by atoms with van der Waals surface area (Å²) in [7, 11) is 2.01. The average molecular weight is 261 g/mol. The molecule has 16 heavy (non-hydrogen) atoms. The molecule has 4 nitrogen and oxygen atoms in total. The molecule has 3 rings (SSSR count). The van der Waals surface area contributed by atoms with E-state index in [1.807, 2.05) is 23.4 Å². The number of hydrogen-bond acceptors (Lipinski definition) is 4. The lowest BCUT2D eigenvalue weighted by atomic mass is 10.1. The Hall–Kier alpha value is -0.260. The van der Waals surface area contributed by atoms with Crippen molar-refractivity contribution in [2.75, 3.05) is 0 Å². The van der Waals surface area contributed by atoms with E-state index in [1.54, 1.807) is 6.33 Å². The largest absolute Gasteiger partial charge is 0.312 e. The number of halogens is 1. The van der Waals surface area contributed by atoms with Gasteiger partial charge in [0.15, 0.2) is 5.16 Å². The van der Waals surface area contributed by atoms with E-state index in [2.05, 4.69) is 15.5 Å². The van der Waals surface area contributed by atoms with Crippen molar-refractivity contribution in [3.8, 4) is 0 Å². The van der Waals surface area contributed by atoms with Crippen LogP contribution < -0.4 is 5.32 Å². The predicted molar refractivity (Wildman–Crippen MR) is 67.1 cm³/mol. The van der Waals surface area contributed by atoms with Gasteiger partial charge in [-0.15, -0.1) is 22.6 Å². The smallest absolute Gasteiger partial charge is 0.191 e. The van der Waals surface area contributed by atoms with Crippen LogP contribution in [0.3, 0.4) is 0 Å². The second kappa shape index (κ2) is 4.94. The molecule has 2 atom stereocenters. The molecule has 0 spiro atoms. The number of hydrogen-bond donors (Lipinski definition) is 1. The maximum Gasteiger partial charge on any atom is 0.191 e. The number of fused-ring (bicyclic) bond motifs is 2. The van der Waals surface area contributed by atoms with E-state index < -0.39 is 0 Å². The Morgan fingerprint density at radius 2 is 2.06 bits per heavy atom. The molecule has 0 saturated carbocycles. The van der Waals surface area contributed by atoms with Crippen LogP contribution in [0.4, 0.5) is 0 Å². The van der Waals surface area contributed by atoms with E-state index in [1.165, 1.54) is 25.7 Å². The Morgan fingerprint density at radius 1 is 1.38 bits per heavy atom. The monoisotopic (exact) mass is 260 g/mol. The average Bonchev–Trinajstić information content (AvgIpc) is 2.75. The summed E-state index contributed by atoms with van der Waals surface area (Å²) in [6, 6.07) is 1.52. The Bertz CT molecular complexity index is 344. The van der Waals surface area contributed by atoms with Crippen LogP contribution in [-0.4, -0.2) is 32.1 Å². The summed E-state index contributed by atoms with van der Waals surface area (Å²) in [5.74, 6) is 0. The fourth-order valence-electron chi connectivity index (χ4n) is 2.63. The quantitative estimate of drug-likeness (QED) is 0.878. The molecule has 0 aliphatic carbocycles. The zero-order chi connectivity index (χ0) is 10.3. The van der Waals surface area contributed by atoms with E-state index in [9.17, 15) is 0 Å². The van der Waals surface area contributed by atoms with Crippen molar-refractivity contribution >= 4 is 24.2 Å². The van der Waals surface area contributed by atoms with E-state index in [0.29, 0.717) is 0 Å². The van der Waals surface area contributed by atoms with Gasteiger partial charge in [0.2, 0.25) is 0 Å². The summed E-state index contributed by atoms with van der Waals surface area (Å²) >= 11 is 1.89. The third-order valence-corrected chi connectivity index (χ3v) is 4.67. The van der Waals surface area contributed by atoms with Crippen LogP contribution in [0, 0.1) is 0 Å². The minimum atomic E-state index is 0. The van der Waals surface area contributed by atoms with E-state index >= 15 is 0 Å². The first-order chi connectivity index (χ1) is 7.31. The highest BCUT2D eigenvalue weighted by Gasteiger charge is 2.34. The summed E-state index contributed by atoms with van der Waals surface area (Å²) in [5, 5.41) is 13.5. The lowest BCUT2D eigenvalue weighted by Crippen LogP contribution is -2.39. The molecule has 2 aliphatic heterocycles. The minimum absolute atomic E-state index is 0.